The predicted molar refractivity (Wildman–Crippen MR) is 46.6 cm³/mol. The Bertz CT molecular complexity index is 325. The Morgan fingerprint density at radius 1 is 1.38 bits per heavy atom. The van der Waals surface area contributed by atoms with Crippen LogP contribution in [0.15, 0.2) is 18.2 Å². The summed E-state index contributed by atoms with van der Waals surface area (Å²) < 4.78 is 4.23. The van der Waals surface area contributed by atoms with Gasteiger partial charge in [0.1, 0.15) is 0 Å². The molecule has 0 radical (unpaired) electrons. The summed E-state index contributed by atoms with van der Waals surface area (Å²) in [6, 6.07) is 4.72. The molecule has 0 aliphatic carbocycles. The van der Waals surface area contributed by atoms with Gasteiger partial charge in [-0.3, -0.25) is 0 Å². The van der Waals surface area contributed by atoms with E-state index in [-0.39, 0.29) is 6.61 Å². The van der Waals surface area contributed by atoms with Crippen LogP contribution in [0.3, 0.4) is 0 Å². The molecule has 1 rings (SSSR count). The molecule has 70 valence electrons. The largest absolute Gasteiger partial charge is 0.545 e. The molecule has 1 aromatic carbocycles. The quantitative estimate of drug-likeness (QED) is 0.714. The monoisotopic (exact) mass is 219 g/mol. The van der Waals surface area contributed by atoms with E-state index in [0.29, 0.717) is 15.6 Å². The third kappa shape index (κ3) is 3.13. The van der Waals surface area contributed by atoms with Crippen molar-refractivity contribution in [3.05, 3.63) is 33.8 Å². The maximum Gasteiger partial charge on any atom is 0.252 e. The lowest BCUT2D eigenvalue weighted by Gasteiger charge is -2.08. The smallest absolute Gasteiger partial charge is 0.252 e. The maximum absolute atomic E-state index is 9.93. The van der Waals surface area contributed by atoms with Crippen molar-refractivity contribution in [2.75, 3.05) is 0 Å². The highest BCUT2D eigenvalue weighted by atomic mass is 35.5. The topological polar surface area (TPSA) is 49.4 Å². The van der Waals surface area contributed by atoms with Gasteiger partial charge in [-0.15, -0.1) is 0 Å². The van der Waals surface area contributed by atoms with Crippen molar-refractivity contribution in [3.63, 3.8) is 0 Å². The molecule has 3 nitrogen and oxygen atoms in total. The van der Waals surface area contributed by atoms with Gasteiger partial charge in [0, 0.05) is 0 Å². The molecule has 0 atom stereocenters. The second-order valence-electron chi connectivity index (χ2n) is 2.29. The van der Waals surface area contributed by atoms with Crippen LogP contribution in [0.2, 0.25) is 10.0 Å². The number of hydrogen-bond donors (Lipinski definition) is 0. The first-order valence-corrected chi connectivity index (χ1v) is 4.13. The third-order valence-electron chi connectivity index (χ3n) is 1.34. The first kappa shape index (κ1) is 10.2. The van der Waals surface area contributed by atoms with E-state index in [4.69, 9.17) is 23.2 Å². The molecule has 0 saturated carbocycles. The molecule has 0 amide bonds. The summed E-state index contributed by atoms with van der Waals surface area (Å²) in [5.74, 6) is 0. The second kappa shape index (κ2) is 4.35. The lowest BCUT2D eigenvalue weighted by molar-refractivity contribution is -0.284. The SMILES string of the molecule is O=C([O-])OCc1ccc(Cl)c(Cl)c1. The van der Waals surface area contributed by atoms with Gasteiger partial charge in [-0.05, 0) is 17.7 Å². The van der Waals surface area contributed by atoms with Crippen LogP contribution in [0.5, 0.6) is 0 Å². The molecule has 0 aromatic heterocycles. The molecule has 0 aliphatic heterocycles. The summed E-state index contributed by atoms with van der Waals surface area (Å²) >= 11 is 11.3. The van der Waals surface area contributed by atoms with Crippen LogP contribution in [0, 0.1) is 0 Å². The maximum atomic E-state index is 9.93. The van der Waals surface area contributed by atoms with E-state index in [1.807, 2.05) is 0 Å². The lowest BCUT2D eigenvalue weighted by atomic mass is 10.2. The number of rotatable bonds is 2. The number of carbonyl (C=O) groups excluding carboxylic acids is 1. The number of ether oxygens (including phenoxy) is 1. The molecule has 0 bridgehead atoms. The zero-order chi connectivity index (χ0) is 9.84. The molecule has 0 heterocycles. The van der Waals surface area contributed by atoms with Gasteiger partial charge in [0.25, 0.3) is 6.16 Å². The fraction of sp³-hybridized carbons (Fsp3) is 0.125. The molecule has 0 N–H and O–H groups in total. The minimum atomic E-state index is -1.56. The molecule has 0 unspecified atom stereocenters. The third-order valence-corrected chi connectivity index (χ3v) is 2.08. The van der Waals surface area contributed by atoms with Crippen LogP contribution >= 0.6 is 23.2 Å². The number of carbonyl (C=O) groups is 1. The second-order valence-corrected chi connectivity index (χ2v) is 3.10. The van der Waals surface area contributed by atoms with Crippen LogP contribution in [0.4, 0.5) is 4.79 Å². The van der Waals surface area contributed by atoms with Crippen LogP contribution < -0.4 is 5.11 Å². The molecule has 0 spiro atoms. The first-order chi connectivity index (χ1) is 6.09. The molecule has 13 heavy (non-hydrogen) atoms. The van der Waals surface area contributed by atoms with Crippen molar-refractivity contribution in [2.24, 2.45) is 0 Å². The highest BCUT2D eigenvalue weighted by molar-refractivity contribution is 6.42. The molecule has 1 aromatic rings. The van der Waals surface area contributed by atoms with Crippen LogP contribution in [0.1, 0.15) is 5.56 Å². The normalized spacial score (nSPS) is 9.69. The number of benzene rings is 1. The highest BCUT2D eigenvalue weighted by Gasteiger charge is 1.98. The fourth-order valence-corrected chi connectivity index (χ4v) is 1.09. The van der Waals surface area contributed by atoms with Gasteiger partial charge in [0.15, 0.2) is 0 Å². The van der Waals surface area contributed by atoms with E-state index < -0.39 is 6.16 Å². The van der Waals surface area contributed by atoms with Gasteiger partial charge < -0.3 is 14.6 Å². The van der Waals surface area contributed by atoms with Crippen molar-refractivity contribution in [2.45, 2.75) is 6.61 Å². The van der Waals surface area contributed by atoms with Crippen molar-refractivity contribution in [1.29, 1.82) is 0 Å². The Kier molecular flexibility index (Phi) is 3.39. The summed E-state index contributed by atoms with van der Waals surface area (Å²) in [7, 11) is 0. The van der Waals surface area contributed by atoms with Gasteiger partial charge in [-0.2, -0.15) is 0 Å². The Hall–Kier alpha value is -0.930. The zero-order valence-electron chi connectivity index (χ0n) is 6.42. The summed E-state index contributed by atoms with van der Waals surface area (Å²) in [5, 5.41) is 10.7. The van der Waals surface area contributed by atoms with Gasteiger partial charge in [-0.1, -0.05) is 29.3 Å². The Balaban J connectivity index is 2.68. The van der Waals surface area contributed by atoms with Crippen LogP contribution in [-0.4, -0.2) is 6.16 Å². The van der Waals surface area contributed by atoms with Crippen molar-refractivity contribution < 1.29 is 14.6 Å². The Labute approximate surface area is 84.8 Å². The average molecular weight is 220 g/mol. The number of hydrogen-bond acceptors (Lipinski definition) is 3. The van der Waals surface area contributed by atoms with E-state index in [2.05, 4.69) is 4.74 Å². The average Bonchev–Trinajstić information content (AvgIpc) is 2.07. The van der Waals surface area contributed by atoms with E-state index in [0.717, 1.165) is 0 Å². The predicted octanol–water partition coefficient (Wildman–Crippen LogP) is 1.85. The van der Waals surface area contributed by atoms with Gasteiger partial charge in [-0.25, -0.2) is 0 Å². The fourth-order valence-electron chi connectivity index (χ4n) is 0.772. The number of halogens is 2. The molecule has 5 heteroatoms. The minimum Gasteiger partial charge on any atom is -0.545 e. The van der Waals surface area contributed by atoms with Gasteiger partial charge in [0.05, 0.1) is 16.7 Å². The highest BCUT2D eigenvalue weighted by Crippen LogP contribution is 2.22. The summed E-state index contributed by atoms with van der Waals surface area (Å²) in [6.07, 6.45) is -1.56. The Morgan fingerprint density at radius 3 is 2.62 bits per heavy atom. The molecule has 0 aliphatic rings. The van der Waals surface area contributed by atoms with E-state index in [9.17, 15) is 9.90 Å². The summed E-state index contributed by atoms with van der Waals surface area (Å²) in [5.41, 5.74) is 0.624. The molecule has 0 fully saturated rings. The molecule has 0 saturated heterocycles. The molecular weight excluding hydrogens is 215 g/mol. The molecular formula is C8H5Cl2O3-. The minimum absolute atomic E-state index is 0.0841. The number of carboxylic acid groups (broad SMARTS) is 1. The first-order valence-electron chi connectivity index (χ1n) is 3.37. The van der Waals surface area contributed by atoms with Crippen molar-refractivity contribution >= 4 is 29.4 Å². The van der Waals surface area contributed by atoms with E-state index in [1.165, 1.54) is 6.07 Å². The zero-order valence-corrected chi connectivity index (χ0v) is 7.93. The standard InChI is InChI=1S/C8H6Cl2O3/c9-6-2-1-5(3-7(6)10)4-13-8(11)12/h1-3H,4H2,(H,11,12)/p-1. The summed E-state index contributed by atoms with van der Waals surface area (Å²) in [4.78, 5) is 9.93. The lowest BCUT2D eigenvalue weighted by Crippen LogP contribution is -2.23. The Morgan fingerprint density at radius 2 is 2.08 bits per heavy atom. The van der Waals surface area contributed by atoms with Gasteiger partial charge in [0.2, 0.25) is 0 Å². The van der Waals surface area contributed by atoms with Crippen molar-refractivity contribution in [3.8, 4) is 0 Å². The van der Waals surface area contributed by atoms with Gasteiger partial charge >= 0.3 is 0 Å². The van der Waals surface area contributed by atoms with E-state index >= 15 is 0 Å². The van der Waals surface area contributed by atoms with Crippen LogP contribution in [0.25, 0.3) is 0 Å². The van der Waals surface area contributed by atoms with Crippen molar-refractivity contribution in [1.82, 2.24) is 0 Å². The van der Waals surface area contributed by atoms with Crippen LogP contribution in [-0.2, 0) is 11.3 Å². The van der Waals surface area contributed by atoms with E-state index in [1.54, 1.807) is 12.1 Å². The summed E-state index contributed by atoms with van der Waals surface area (Å²) in [6.45, 7) is -0.0841.